The van der Waals surface area contributed by atoms with E-state index in [-0.39, 0.29) is 11.4 Å². The lowest BCUT2D eigenvalue weighted by atomic mass is 10.0. The molecule has 1 aromatic heterocycles. The lowest BCUT2D eigenvalue weighted by molar-refractivity contribution is -0.140. The van der Waals surface area contributed by atoms with Crippen molar-refractivity contribution in [1.29, 1.82) is 0 Å². The molecule has 0 aliphatic heterocycles. The molecule has 2 rings (SSSR count). The summed E-state index contributed by atoms with van der Waals surface area (Å²) in [6.07, 6.45) is -4.76. The number of methoxy groups -OCH3 is 1. The zero-order chi connectivity index (χ0) is 17.9. The number of halogens is 3. The van der Waals surface area contributed by atoms with Gasteiger partial charge in [-0.05, 0) is 12.1 Å². The first-order valence-electron chi connectivity index (χ1n) is 6.77. The number of nitrogens with one attached hydrogen (secondary N) is 1. The van der Waals surface area contributed by atoms with Crippen LogP contribution in [0.4, 0.5) is 19.0 Å². The molecule has 0 spiro atoms. The van der Waals surface area contributed by atoms with Gasteiger partial charge in [0.05, 0.1) is 5.56 Å². The van der Waals surface area contributed by atoms with Gasteiger partial charge in [0.15, 0.2) is 6.10 Å². The summed E-state index contributed by atoms with van der Waals surface area (Å²) in [4.78, 5) is 27.3. The minimum atomic E-state index is -4.63. The lowest BCUT2D eigenvalue weighted by Crippen LogP contribution is -2.27. The highest BCUT2D eigenvalue weighted by Crippen LogP contribution is 2.35. The maximum absolute atomic E-state index is 13.1. The zero-order valence-electron chi connectivity index (χ0n) is 12.8. The van der Waals surface area contributed by atoms with Crippen molar-refractivity contribution in [1.82, 2.24) is 9.55 Å². The van der Waals surface area contributed by atoms with Gasteiger partial charge in [0.25, 0.3) is 5.91 Å². The van der Waals surface area contributed by atoms with Gasteiger partial charge in [0.2, 0.25) is 0 Å². The number of carbonyl (C=O) groups excluding carboxylic acids is 1. The second kappa shape index (κ2) is 6.83. The highest BCUT2D eigenvalue weighted by atomic mass is 19.4. The predicted octanol–water partition coefficient (Wildman–Crippen LogP) is 2.13. The number of hydrogen-bond donors (Lipinski definition) is 1. The van der Waals surface area contributed by atoms with Crippen LogP contribution >= 0.6 is 0 Å². The van der Waals surface area contributed by atoms with E-state index in [9.17, 15) is 22.8 Å². The van der Waals surface area contributed by atoms with Gasteiger partial charge in [-0.2, -0.15) is 18.2 Å². The molecule has 2 aromatic rings. The standard InChI is InChI=1S/C15H14F3N3O3/c1-21-8-7-11(20-14(21)23)19-13(22)12(24-2)9-5-3-4-6-10(9)15(16,17)18/h3-8,12H,1-2H3,(H,19,20,22,23). The largest absolute Gasteiger partial charge is 0.416 e. The first-order valence-corrected chi connectivity index (χ1v) is 6.77. The molecule has 9 heteroatoms. The smallest absolute Gasteiger partial charge is 0.367 e. The van der Waals surface area contributed by atoms with Crippen LogP contribution in [0.1, 0.15) is 17.2 Å². The van der Waals surface area contributed by atoms with Crippen LogP contribution < -0.4 is 11.0 Å². The van der Waals surface area contributed by atoms with E-state index in [4.69, 9.17) is 4.74 Å². The normalized spacial score (nSPS) is 12.7. The highest BCUT2D eigenvalue weighted by molar-refractivity contribution is 5.94. The fourth-order valence-corrected chi connectivity index (χ4v) is 2.09. The van der Waals surface area contributed by atoms with Crippen molar-refractivity contribution in [3.8, 4) is 0 Å². The maximum Gasteiger partial charge on any atom is 0.416 e. The van der Waals surface area contributed by atoms with Gasteiger partial charge in [0.1, 0.15) is 5.82 Å². The Labute approximate surface area is 134 Å². The quantitative estimate of drug-likeness (QED) is 0.925. The number of anilines is 1. The molecule has 0 aliphatic carbocycles. The molecule has 1 unspecified atom stereocenters. The van der Waals surface area contributed by atoms with Crippen molar-refractivity contribution in [3.63, 3.8) is 0 Å². The fraction of sp³-hybridized carbons (Fsp3) is 0.267. The first-order chi connectivity index (χ1) is 11.2. The molecular formula is C15H14F3N3O3. The Hall–Kier alpha value is -2.68. The molecule has 0 radical (unpaired) electrons. The van der Waals surface area contributed by atoms with Crippen LogP contribution in [0.5, 0.6) is 0 Å². The molecule has 128 valence electrons. The third-order valence-corrected chi connectivity index (χ3v) is 3.25. The molecule has 24 heavy (non-hydrogen) atoms. The fourth-order valence-electron chi connectivity index (χ4n) is 2.09. The topological polar surface area (TPSA) is 73.2 Å². The van der Waals surface area contributed by atoms with Crippen molar-refractivity contribution in [3.05, 3.63) is 58.1 Å². The van der Waals surface area contributed by atoms with Gasteiger partial charge in [-0.15, -0.1) is 0 Å². The second-order valence-corrected chi connectivity index (χ2v) is 4.90. The second-order valence-electron chi connectivity index (χ2n) is 4.90. The minimum absolute atomic E-state index is 0.0744. The molecule has 1 atom stereocenters. The Morgan fingerprint density at radius 1 is 1.29 bits per heavy atom. The van der Waals surface area contributed by atoms with E-state index in [1.165, 1.54) is 36.0 Å². The van der Waals surface area contributed by atoms with Crippen LogP contribution in [0.3, 0.4) is 0 Å². The van der Waals surface area contributed by atoms with Crippen LogP contribution in [-0.2, 0) is 22.8 Å². The number of nitrogens with zero attached hydrogens (tertiary/aromatic N) is 2. The monoisotopic (exact) mass is 341 g/mol. The molecule has 0 saturated carbocycles. The van der Waals surface area contributed by atoms with E-state index in [1.54, 1.807) is 0 Å². The Morgan fingerprint density at radius 3 is 2.54 bits per heavy atom. The molecule has 0 saturated heterocycles. The molecule has 0 aliphatic rings. The average Bonchev–Trinajstić information content (AvgIpc) is 2.51. The summed E-state index contributed by atoms with van der Waals surface area (Å²) < 4.78 is 45.4. The molecule has 1 heterocycles. The molecule has 1 aromatic carbocycles. The summed E-state index contributed by atoms with van der Waals surface area (Å²) in [6, 6.07) is 5.97. The average molecular weight is 341 g/mol. The van der Waals surface area contributed by atoms with Gasteiger partial charge in [0, 0.05) is 25.9 Å². The Morgan fingerprint density at radius 2 is 1.96 bits per heavy atom. The number of amides is 1. The number of hydrogen-bond acceptors (Lipinski definition) is 4. The molecule has 6 nitrogen and oxygen atoms in total. The maximum atomic E-state index is 13.1. The minimum Gasteiger partial charge on any atom is -0.367 e. The van der Waals surface area contributed by atoms with Gasteiger partial charge >= 0.3 is 11.9 Å². The third kappa shape index (κ3) is 3.80. The van der Waals surface area contributed by atoms with Crippen LogP contribution in [0, 0.1) is 0 Å². The number of aryl methyl sites for hydroxylation is 1. The first kappa shape index (κ1) is 17.7. The lowest BCUT2D eigenvalue weighted by Gasteiger charge is -2.19. The summed E-state index contributed by atoms with van der Waals surface area (Å²) >= 11 is 0. The Kier molecular flexibility index (Phi) is 5.03. The molecule has 0 bridgehead atoms. The van der Waals surface area contributed by atoms with E-state index in [2.05, 4.69) is 10.3 Å². The van der Waals surface area contributed by atoms with E-state index in [0.717, 1.165) is 19.2 Å². The highest BCUT2D eigenvalue weighted by Gasteiger charge is 2.36. The predicted molar refractivity (Wildman–Crippen MR) is 79.3 cm³/mol. The summed E-state index contributed by atoms with van der Waals surface area (Å²) in [6.45, 7) is 0. The molecule has 1 N–H and O–H groups in total. The van der Waals surface area contributed by atoms with Gasteiger partial charge in [-0.3, -0.25) is 4.79 Å². The van der Waals surface area contributed by atoms with E-state index in [0.29, 0.717) is 0 Å². The van der Waals surface area contributed by atoms with Gasteiger partial charge in [-0.25, -0.2) is 4.79 Å². The SMILES string of the molecule is COC(C(=O)Nc1ccn(C)c(=O)n1)c1ccccc1C(F)(F)F. The third-order valence-electron chi connectivity index (χ3n) is 3.25. The van der Waals surface area contributed by atoms with Crippen LogP contribution in [0.25, 0.3) is 0 Å². The van der Waals surface area contributed by atoms with Gasteiger partial charge in [-0.1, -0.05) is 18.2 Å². The number of alkyl halides is 3. The van der Waals surface area contributed by atoms with E-state index >= 15 is 0 Å². The van der Waals surface area contributed by atoms with Crippen molar-refractivity contribution < 1.29 is 22.7 Å². The number of aromatic nitrogens is 2. The zero-order valence-corrected chi connectivity index (χ0v) is 12.8. The number of rotatable bonds is 4. The van der Waals surface area contributed by atoms with Crippen LogP contribution in [0.15, 0.2) is 41.3 Å². The van der Waals surface area contributed by atoms with Crippen LogP contribution in [-0.4, -0.2) is 22.6 Å². The van der Waals surface area contributed by atoms with Crippen LogP contribution in [0.2, 0.25) is 0 Å². The number of carbonyl (C=O) groups is 1. The van der Waals surface area contributed by atoms with Crippen molar-refractivity contribution in [2.75, 3.05) is 12.4 Å². The summed E-state index contributed by atoms with van der Waals surface area (Å²) in [5, 5.41) is 2.28. The molecular weight excluding hydrogens is 327 g/mol. The summed E-state index contributed by atoms with van der Waals surface area (Å²) in [7, 11) is 2.59. The van der Waals surface area contributed by atoms with E-state index < -0.39 is 29.4 Å². The Balaban J connectivity index is 2.33. The van der Waals surface area contributed by atoms with Crippen molar-refractivity contribution in [2.24, 2.45) is 7.05 Å². The number of ether oxygens (including phenoxy) is 1. The molecule has 0 fully saturated rings. The number of benzene rings is 1. The Bertz CT molecular complexity index is 802. The van der Waals surface area contributed by atoms with E-state index in [1.807, 2.05) is 0 Å². The molecule has 1 amide bonds. The summed E-state index contributed by atoms with van der Waals surface area (Å²) in [5.74, 6) is -0.940. The van der Waals surface area contributed by atoms with Crippen molar-refractivity contribution >= 4 is 11.7 Å². The summed E-state index contributed by atoms with van der Waals surface area (Å²) in [5.41, 5.74) is -1.91. The van der Waals surface area contributed by atoms with Crippen molar-refractivity contribution in [2.45, 2.75) is 12.3 Å². The van der Waals surface area contributed by atoms with Gasteiger partial charge < -0.3 is 14.6 Å².